The van der Waals surface area contributed by atoms with Gasteiger partial charge in [0.25, 0.3) is 0 Å². The zero-order valence-electron chi connectivity index (χ0n) is 10.6. The summed E-state index contributed by atoms with van der Waals surface area (Å²) in [5.41, 5.74) is 6.39. The molecule has 0 saturated carbocycles. The molecule has 0 fully saturated rings. The largest absolute Gasteiger partial charge is 0.457 e. The molecule has 2 rings (SSSR count). The Morgan fingerprint density at radius 3 is 2.30 bits per heavy atom. The third-order valence-corrected chi connectivity index (χ3v) is 4.25. The molecule has 0 amide bonds. The van der Waals surface area contributed by atoms with E-state index in [1.54, 1.807) is 25.1 Å². The van der Waals surface area contributed by atoms with E-state index in [0.29, 0.717) is 17.1 Å². The van der Waals surface area contributed by atoms with Crippen molar-refractivity contribution in [2.24, 2.45) is 5.14 Å². The van der Waals surface area contributed by atoms with Crippen LogP contribution in [0.1, 0.15) is 5.56 Å². The summed E-state index contributed by atoms with van der Waals surface area (Å²) in [5, 5.41) is 5.16. The Kier molecular flexibility index (Phi) is 4.03. The Labute approximate surface area is 125 Å². The highest BCUT2D eigenvalue weighted by atomic mass is 79.9. The van der Waals surface area contributed by atoms with Crippen LogP contribution in [-0.4, -0.2) is 8.42 Å². The molecule has 2 aromatic carbocycles. The predicted molar refractivity (Wildman–Crippen MR) is 81.2 cm³/mol. The van der Waals surface area contributed by atoms with Gasteiger partial charge in [-0.1, -0.05) is 15.9 Å². The van der Waals surface area contributed by atoms with Crippen LogP contribution in [0.2, 0.25) is 0 Å². The monoisotopic (exact) mass is 356 g/mol. The van der Waals surface area contributed by atoms with Gasteiger partial charge in [0.2, 0.25) is 10.0 Å². The van der Waals surface area contributed by atoms with Crippen LogP contribution in [0.5, 0.6) is 11.5 Å². The van der Waals surface area contributed by atoms with Gasteiger partial charge in [-0.2, -0.15) is 0 Å². The molecule has 0 bridgehead atoms. The Morgan fingerprint density at radius 2 is 1.75 bits per heavy atom. The van der Waals surface area contributed by atoms with Crippen molar-refractivity contribution in [1.82, 2.24) is 0 Å². The van der Waals surface area contributed by atoms with E-state index >= 15 is 0 Å². The number of nitrogens with two attached hydrogens (primary N) is 2. The maximum Gasteiger partial charge on any atom is 0.238 e. The van der Waals surface area contributed by atoms with Crippen LogP contribution in [0.3, 0.4) is 0 Å². The van der Waals surface area contributed by atoms with Gasteiger partial charge >= 0.3 is 0 Å². The fourth-order valence-corrected chi connectivity index (χ4v) is 2.81. The minimum Gasteiger partial charge on any atom is -0.457 e. The second-order valence-electron chi connectivity index (χ2n) is 4.24. The van der Waals surface area contributed by atoms with Gasteiger partial charge in [-0.05, 0) is 37.3 Å². The predicted octanol–water partition coefficient (Wildman–Crippen LogP) is 2.78. The van der Waals surface area contributed by atoms with Crippen molar-refractivity contribution >= 4 is 31.6 Å². The zero-order valence-corrected chi connectivity index (χ0v) is 13.0. The lowest BCUT2D eigenvalue weighted by atomic mass is 10.2. The second-order valence-corrected chi connectivity index (χ2v) is 6.69. The molecule has 2 aromatic rings. The van der Waals surface area contributed by atoms with Crippen molar-refractivity contribution in [2.75, 3.05) is 5.73 Å². The number of hydrogen-bond donors (Lipinski definition) is 2. The van der Waals surface area contributed by atoms with Crippen molar-refractivity contribution in [3.63, 3.8) is 0 Å². The van der Waals surface area contributed by atoms with Gasteiger partial charge < -0.3 is 10.5 Å². The van der Waals surface area contributed by atoms with Gasteiger partial charge in [0, 0.05) is 21.8 Å². The average molecular weight is 357 g/mol. The van der Waals surface area contributed by atoms with Crippen molar-refractivity contribution in [1.29, 1.82) is 0 Å². The fraction of sp³-hybridized carbons (Fsp3) is 0.0769. The Morgan fingerprint density at radius 1 is 1.15 bits per heavy atom. The van der Waals surface area contributed by atoms with E-state index in [1.807, 2.05) is 12.1 Å². The zero-order chi connectivity index (χ0) is 14.9. The van der Waals surface area contributed by atoms with Crippen LogP contribution in [-0.2, 0) is 10.0 Å². The summed E-state index contributed by atoms with van der Waals surface area (Å²) >= 11 is 3.32. The highest BCUT2D eigenvalue weighted by Gasteiger charge is 2.16. The summed E-state index contributed by atoms with van der Waals surface area (Å²) in [7, 11) is -3.84. The van der Waals surface area contributed by atoms with Crippen LogP contribution < -0.4 is 15.6 Å². The van der Waals surface area contributed by atoms with Crippen LogP contribution in [0.4, 0.5) is 5.69 Å². The lowest BCUT2D eigenvalue weighted by Crippen LogP contribution is -2.14. The first-order valence-electron chi connectivity index (χ1n) is 5.64. The lowest BCUT2D eigenvalue weighted by molar-refractivity contribution is 0.476. The van der Waals surface area contributed by atoms with E-state index in [-0.39, 0.29) is 10.6 Å². The van der Waals surface area contributed by atoms with E-state index in [9.17, 15) is 8.42 Å². The summed E-state index contributed by atoms with van der Waals surface area (Å²) in [5.74, 6) is 0.929. The number of primary sulfonamides is 1. The van der Waals surface area contributed by atoms with Gasteiger partial charge in [-0.15, -0.1) is 0 Å². The highest BCUT2D eigenvalue weighted by molar-refractivity contribution is 9.10. The van der Waals surface area contributed by atoms with E-state index in [2.05, 4.69) is 15.9 Å². The minimum absolute atomic E-state index is 0.0374. The normalized spacial score (nSPS) is 11.3. The van der Waals surface area contributed by atoms with Crippen LogP contribution in [0.25, 0.3) is 0 Å². The number of halogens is 1. The molecule has 0 aliphatic carbocycles. The average Bonchev–Trinajstić information content (AvgIpc) is 2.35. The van der Waals surface area contributed by atoms with Gasteiger partial charge in [-0.25, -0.2) is 13.6 Å². The number of sulfonamides is 1. The Balaban J connectivity index is 2.47. The van der Waals surface area contributed by atoms with Crippen LogP contribution in [0, 0.1) is 6.92 Å². The number of ether oxygens (including phenoxy) is 1. The molecule has 0 aliphatic heterocycles. The molecule has 0 aromatic heterocycles. The van der Waals surface area contributed by atoms with E-state index in [1.165, 1.54) is 6.07 Å². The molecule has 0 unspecified atom stereocenters. The first-order chi connectivity index (χ1) is 9.27. The van der Waals surface area contributed by atoms with Crippen molar-refractivity contribution < 1.29 is 13.2 Å². The molecule has 106 valence electrons. The van der Waals surface area contributed by atoms with E-state index in [4.69, 9.17) is 15.6 Å². The van der Waals surface area contributed by atoms with Gasteiger partial charge in [0.05, 0.1) is 4.90 Å². The van der Waals surface area contributed by atoms with Crippen molar-refractivity contribution in [3.05, 3.63) is 46.4 Å². The molecule has 0 atom stereocenters. The SMILES string of the molecule is Cc1c(Oc2ccc(Br)cc2)cc(N)cc1S(N)(=O)=O. The molecule has 7 heteroatoms. The van der Waals surface area contributed by atoms with Crippen molar-refractivity contribution in [3.8, 4) is 11.5 Å². The number of benzene rings is 2. The fourth-order valence-electron chi connectivity index (χ4n) is 1.71. The summed E-state index contributed by atoms with van der Waals surface area (Å²) in [6, 6.07) is 10.0. The summed E-state index contributed by atoms with van der Waals surface area (Å²) in [4.78, 5) is -0.0374. The second kappa shape index (κ2) is 5.43. The molecule has 0 saturated heterocycles. The Hall–Kier alpha value is -1.57. The molecule has 0 aliphatic rings. The summed E-state index contributed by atoms with van der Waals surface area (Å²) in [6.45, 7) is 1.62. The molecule has 0 radical (unpaired) electrons. The maximum atomic E-state index is 11.5. The molecule has 5 nitrogen and oxygen atoms in total. The van der Waals surface area contributed by atoms with Gasteiger partial charge in [-0.3, -0.25) is 0 Å². The molecular weight excluding hydrogens is 344 g/mol. The smallest absolute Gasteiger partial charge is 0.238 e. The molecule has 4 N–H and O–H groups in total. The summed E-state index contributed by atoms with van der Waals surface area (Å²) < 4.78 is 29.6. The number of nitrogen functional groups attached to an aromatic ring is 1. The third-order valence-electron chi connectivity index (χ3n) is 2.68. The number of hydrogen-bond acceptors (Lipinski definition) is 4. The number of anilines is 1. The van der Waals surface area contributed by atoms with Gasteiger partial charge in [0.15, 0.2) is 0 Å². The first-order valence-corrected chi connectivity index (χ1v) is 7.97. The Bertz CT molecular complexity index is 743. The lowest BCUT2D eigenvalue weighted by Gasteiger charge is -2.12. The topological polar surface area (TPSA) is 95.4 Å². The first kappa shape index (κ1) is 14.8. The number of rotatable bonds is 3. The van der Waals surface area contributed by atoms with Crippen LogP contribution >= 0.6 is 15.9 Å². The van der Waals surface area contributed by atoms with Crippen molar-refractivity contribution in [2.45, 2.75) is 11.8 Å². The van der Waals surface area contributed by atoms with Gasteiger partial charge in [0.1, 0.15) is 11.5 Å². The summed E-state index contributed by atoms with van der Waals surface area (Å²) in [6.07, 6.45) is 0. The molecule has 20 heavy (non-hydrogen) atoms. The van der Waals surface area contributed by atoms with E-state index < -0.39 is 10.0 Å². The van der Waals surface area contributed by atoms with Crippen LogP contribution in [0.15, 0.2) is 45.8 Å². The maximum absolute atomic E-state index is 11.5. The quantitative estimate of drug-likeness (QED) is 0.826. The molecule has 0 spiro atoms. The highest BCUT2D eigenvalue weighted by Crippen LogP contribution is 2.32. The molecular formula is C13H13BrN2O3S. The minimum atomic E-state index is -3.84. The standard InChI is InChI=1S/C13H13BrN2O3S/c1-8-12(19-11-4-2-9(14)3-5-11)6-10(15)7-13(8)20(16,17)18/h2-7H,15H2,1H3,(H2,16,17,18). The molecule has 0 heterocycles. The third kappa shape index (κ3) is 3.30. The van der Waals surface area contributed by atoms with E-state index in [0.717, 1.165) is 4.47 Å².